The number of hydrogen-bond acceptors (Lipinski definition) is 2. The van der Waals surface area contributed by atoms with E-state index in [0.29, 0.717) is 6.54 Å². The fourth-order valence-electron chi connectivity index (χ4n) is 1.91. The van der Waals surface area contributed by atoms with Gasteiger partial charge in [0.15, 0.2) is 6.54 Å². The quantitative estimate of drug-likeness (QED) is 0.509. The lowest BCUT2D eigenvalue weighted by Crippen LogP contribution is -2.37. The van der Waals surface area contributed by atoms with Crippen molar-refractivity contribution in [3.8, 4) is 6.07 Å². The highest BCUT2D eigenvalue weighted by atomic mass is 16.5. The van der Waals surface area contributed by atoms with Crippen LogP contribution in [0.1, 0.15) is 32.5 Å². The lowest BCUT2D eigenvalue weighted by Gasteiger charge is -2.03. The van der Waals surface area contributed by atoms with Crippen LogP contribution in [0.4, 0.5) is 0 Å². The fourth-order valence-corrected chi connectivity index (χ4v) is 1.91. The van der Waals surface area contributed by atoms with Gasteiger partial charge in [0.25, 0.3) is 5.82 Å². The van der Waals surface area contributed by atoms with Crippen molar-refractivity contribution >= 4 is 0 Å². The maximum atomic E-state index is 8.72. The number of ether oxygens (including phenoxy) is 1. The summed E-state index contributed by atoms with van der Waals surface area (Å²) < 4.78 is 9.68. The van der Waals surface area contributed by atoms with E-state index >= 15 is 0 Å². The minimum absolute atomic E-state index is 0.433. The van der Waals surface area contributed by atoms with Gasteiger partial charge in [-0.2, -0.15) is 5.26 Å². The number of nitrogens with zero attached hydrogens (tertiary/aromatic N) is 3. The van der Waals surface area contributed by atoms with Crippen molar-refractivity contribution < 1.29 is 9.30 Å². The summed E-state index contributed by atoms with van der Waals surface area (Å²) in [6, 6.07) is 2.18. The van der Waals surface area contributed by atoms with Crippen LogP contribution in [0.25, 0.3) is 0 Å². The number of hydrogen-bond donors (Lipinski definition) is 0. The van der Waals surface area contributed by atoms with E-state index < -0.39 is 0 Å². The van der Waals surface area contributed by atoms with Gasteiger partial charge in [-0.15, -0.1) is 0 Å². The van der Waals surface area contributed by atoms with E-state index in [4.69, 9.17) is 10.00 Å². The van der Waals surface area contributed by atoms with Crippen LogP contribution in [0, 0.1) is 11.3 Å². The van der Waals surface area contributed by atoms with Crippen LogP contribution in [0.3, 0.4) is 0 Å². The van der Waals surface area contributed by atoms with E-state index in [1.54, 1.807) is 0 Å². The zero-order valence-corrected chi connectivity index (χ0v) is 10.9. The van der Waals surface area contributed by atoms with Gasteiger partial charge in [0.05, 0.1) is 13.2 Å². The molecule has 0 aliphatic rings. The molecule has 1 rings (SSSR count). The SMILES string of the molecule is CCCOCCC[n+]1ccn(CC#N)c1CC. The molecule has 1 heterocycles. The minimum atomic E-state index is 0.433. The Morgan fingerprint density at radius 3 is 2.88 bits per heavy atom. The van der Waals surface area contributed by atoms with Crippen LogP contribution in [-0.4, -0.2) is 17.8 Å². The number of aryl methyl sites for hydroxylation is 1. The Kier molecular flexibility index (Phi) is 6.34. The van der Waals surface area contributed by atoms with Crippen molar-refractivity contribution in [1.29, 1.82) is 5.26 Å². The molecule has 0 atom stereocenters. The average Bonchev–Trinajstić information content (AvgIpc) is 2.72. The molecule has 0 saturated heterocycles. The summed E-state index contributed by atoms with van der Waals surface area (Å²) in [4.78, 5) is 0. The Morgan fingerprint density at radius 1 is 1.41 bits per heavy atom. The molecule has 17 heavy (non-hydrogen) atoms. The third-order valence-corrected chi connectivity index (χ3v) is 2.68. The summed E-state index contributed by atoms with van der Waals surface area (Å²) in [5.41, 5.74) is 0. The van der Waals surface area contributed by atoms with E-state index in [-0.39, 0.29) is 0 Å². The summed E-state index contributed by atoms with van der Waals surface area (Å²) >= 11 is 0. The maximum Gasteiger partial charge on any atom is 0.256 e. The van der Waals surface area contributed by atoms with Gasteiger partial charge in [0, 0.05) is 19.4 Å². The second-order valence-electron chi connectivity index (χ2n) is 4.01. The molecular formula is C13H22N3O+. The van der Waals surface area contributed by atoms with Crippen LogP contribution in [0.5, 0.6) is 0 Å². The van der Waals surface area contributed by atoms with Crippen molar-refractivity contribution in [2.75, 3.05) is 13.2 Å². The first-order valence-electron chi connectivity index (χ1n) is 6.35. The minimum Gasteiger partial charge on any atom is -0.381 e. The highest BCUT2D eigenvalue weighted by molar-refractivity contribution is 4.87. The van der Waals surface area contributed by atoms with Crippen molar-refractivity contribution in [3.63, 3.8) is 0 Å². The molecule has 1 aromatic rings. The van der Waals surface area contributed by atoms with Crippen molar-refractivity contribution in [3.05, 3.63) is 18.2 Å². The molecule has 4 nitrogen and oxygen atoms in total. The van der Waals surface area contributed by atoms with Gasteiger partial charge in [0.1, 0.15) is 18.5 Å². The van der Waals surface area contributed by atoms with Gasteiger partial charge in [-0.05, 0) is 6.42 Å². The standard InChI is InChI=1S/C13H22N3O/c1-3-11-17-12-5-7-15-9-10-16(8-6-14)13(15)4-2/h9-10H,3-5,7-8,11-12H2,1-2H3/q+1. The number of imidazole rings is 1. The number of aromatic nitrogens is 2. The Bertz CT molecular complexity index is 365. The Labute approximate surface area is 103 Å². The third-order valence-electron chi connectivity index (χ3n) is 2.68. The normalized spacial score (nSPS) is 10.4. The Morgan fingerprint density at radius 2 is 2.24 bits per heavy atom. The molecule has 94 valence electrons. The number of nitriles is 1. The summed E-state index contributed by atoms with van der Waals surface area (Å²) in [5.74, 6) is 1.21. The molecule has 0 amide bonds. The van der Waals surface area contributed by atoms with Gasteiger partial charge >= 0.3 is 0 Å². The number of rotatable bonds is 8. The van der Waals surface area contributed by atoms with Gasteiger partial charge in [-0.25, -0.2) is 9.13 Å². The molecule has 0 fully saturated rings. The molecule has 0 unspecified atom stereocenters. The third kappa shape index (κ3) is 4.20. The largest absolute Gasteiger partial charge is 0.381 e. The molecule has 0 aliphatic carbocycles. The van der Waals surface area contributed by atoms with Crippen molar-refractivity contribution in [1.82, 2.24) is 4.57 Å². The fraction of sp³-hybridized carbons (Fsp3) is 0.692. The van der Waals surface area contributed by atoms with Crippen molar-refractivity contribution in [2.45, 2.75) is 46.2 Å². The highest BCUT2D eigenvalue weighted by Gasteiger charge is 2.13. The lowest BCUT2D eigenvalue weighted by molar-refractivity contribution is -0.704. The van der Waals surface area contributed by atoms with E-state index in [1.165, 1.54) is 5.82 Å². The molecule has 0 spiro atoms. The van der Waals surface area contributed by atoms with Crippen LogP contribution < -0.4 is 4.57 Å². The van der Waals surface area contributed by atoms with Crippen LogP contribution in [-0.2, 0) is 24.2 Å². The Hall–Kier alpha value is -1.34. The van der Waals surface area contributed by atoms with Crippen LogP contribution in [0.15, 0.2) is 12.4 Å². The van der Waals surface area contributed by atoms with E-state index in [1.807, 2.05) is 10.8 Å². The summed E-state index contributed by atoms with van der Waals surface area (Å²) in [6.07, 6.45) is 7.08. The van der Waals surface area contributed by atoms with Gasteiger partial charge in [-0.3, -0.25) is 0 Å². The molecule has 4 heteroatoms. The summed E-state index contributed by atoms with van der Waals surface area (Å²) in [7, 11) is 0. The van der Waals surface area contributed by atoms with Gasteiger partial charge < -0.3 is 4.74 Å². The van der Waals surface area contributed by atoms with Crippen molar-refractivity contribution in [2.24, 2.45) is 0 Å². The van der Waals surface area contributed by atoms with Crippen LogP contribution in [0.2, 0.25) is 0 Å². The zero-order chi connectivity index (χ0) is 12.5. The summed E-state index contributed by atoms with van der Waals surface area (Å²) in [5, 5.41) is 8.72. The molecule has 0 bridgehead atoms. The van der Waals surface area contributed by atoms with E-state index in [9.17, 15) is 0 Å². The monoisotopic (exact) mass is 236 g/mol. The molecule has 1 aromatic heterocycles. The topological polar surface area (TPSA) is 41.8 Å². The second kappa shape index (κ2) is 7.86. The van der Waals surface area contributed by atoms with Crippen LogP contribution >= 0.6 is 0 Å². The molecule has 0 saturated carbocycles. The predicted octanol–water partition coefficient (Wildman–Crippen LogP) is 1.68. The first kappa shape index (κ1) is 13.7. The molecule has 0 aliphatic heterocycles. The molecule has 0 radical (unpaired) electrons. The highest BCUT2D eigenvalue weighted by Crippen LogP contribution is 1.97. The first-order chi connectivity index (χ1) is 8.33. The second-order valence-corrected chi connectivity index (χ2v) is 4.01. The molecule has 0 aromatic carbocycles. The van der Waals surface area contributed by atoms with E-state index in [0.717, 1.165) is 39.0 Å². The van der Waals surface area contributed by atoms with Gasteiger partial charge in [-0.1, -0.05) is 13.8 Å². The first-order valence-corrected chi connectivity index (χ1v) is 6.35. The summed E-state index contributed by atoms with van der Waals surface area (Å²) in [6.45, 7) is 7.29. The van der Waals surface area contributed by atoms with Gasteiger partial charge in [0.2, 0.25) is 0 Å². The maximum absolute atomic E-state index is 8.72. The molecular weight excluding hydrogens is 214 g/mol. The lowest BCUT2D eigenvalue weighted by atomic mass is 10.4. The molecule has 0 N–H and O–H groups in total. The Balaban J connectivity index is 2.45. The smallest absolute Gasteiger partial charge is 0.256 e. The average molecular weight is 236 g/mol. The predicted molar refractivity (Wildman–Crippen MR) is 65.3 cm³/mol. The zero-order valence-electron chi connectivity index (χ0n) is 10.9. The van der Waals surface area contributed by atoms with E-state index in [2.05, 4.69) is 30.7 Å².